The summed E-state index contributed by atoms with van der Waals surface area (Å²) in [5.41, 5.74) is 1.85. The van der Waals surface area contributed by atoms with Crippen molar-refractivity contribution in [2.45, 2.75) is 39.4 Å². The van der Waals surface area contributed by atoms with Crippen molar-refractivity contribution in [2.75, 3.05) is 25.5 Å². The number of rotatable bonds is 8. The largest absolute Gasteiger partial charge is 0.493 e. The normalized spacial score (nSPS) is 13.3. The molecule has 1 saturated heterocycles. The molecule has 5 aromatic rings. The minimum atomic E-state index is -0.579. The van der Waals surface area contributed by atoms with Crippen LogP contribution in [0.15, 0.2) is 67.3 Å². The monoisotopic (exact) mass is 613 g/mol. The topological polar surface area (TPSA) is 126 Å². The number of hydrogen-bond acceptors (Lipinski definition) is 10. The van der Waals surface area contributed by atoms with E-state index >= 15 is 4.39 Å². The standard InChI is InChI=1S/C32H32FN7O5/c1-19-6-7-20(15-34-19)40-11-10-29(38-40)44-21-8-9-25(24(33)12-21)37-30-23-13-28(27(42-5)14-26(23)35-18-36-30)43-22-16-39(17-22)31(41)45-32(2,3)4/h6-15,18,22H,16-17H2,1-5H3,(H,35,36,37). The lowest BCUT2D eigenvalue weighted by Crippen LogP contribution is -2.57. The predicted molar refractivity (Wildman–Crippen MR) is 164 cm³/mol. The SMILES string of the molecule is COc1cc2ncnc(Nc3ccc(Oc4ccn(-c5ccc(C)nc5)n4)cc3F)c2cc1OC1CN(C(=O)OC(C)(C)C)C1. The number of amides is 1. The molecule has 0 spiro atoms. The molecule has 12 nitrogen and oxygen atoms in total. The number of nitrogens with zero attached hydrogens (tertiary/aromatic N) is 6. The van der Waals surface area contributed by atoms with Gasteiger partial charge in [-0.2, -0.15) is 0 Å². The van der Waals surface area contributed by atoms with Crippen molar-refractivity contribution in [3.63, 3.8) is 0 Å². The Hall–Kier alpha value is -5.46. The second-order valence-electron chi connectivity index (χ2n) is 11.5. The Bertz CT molecular complexity index is 1850. The maximum absolute atomic E-state index is 15.3. The molecule has 1 N–H and O–H groups in total. The quantitative estimate of drug-likeness (QED) is 0.216. The van der Waals surface area contributed by atoms with Gasteiger partial charge in [0, 0.05) is 35.5 Å². The summed E-state index contributed by atoms with van der Waals surface area (Å²) >= 11 is 0. The van der Waals surface area contributed by atoms with Crippen LogP contribution in [0.1, 0.15) is 26.5 Å². The van der Waals surface area contributed by atoms with E-state index in [9.17, 15) is 4.79 Å². The van der Waals surface area contributed by atoms with Crippen LogP contribution in [0.2, 0.25) is 0 Å². The first-order chi connectivity index (χ1) is 21.5. The van der Waals surface area contributed by atoms with Crippen molar-refractivity contribution in [1.82, 2.24) is 29.6 Å². The maximum Gasteiger partial charge on any atom is 0.410 e. The van der Waals surface area contributed by atoms with Crippen molar-refractivity contribution < 1.29 is 28.1 Å². The van der Waals surface area contributed by atoms with Gasteiger partial charge in [-0.1, -0.05) is 0 Å². The Labute approximate surface area is 258 Å². The van der Waals surface area contributed by atoms with Gasteiger partial charge in [-0.25, -0.2) is 23.8 Å². The number of fused-ring (bicyclic) bond motifs is 1. The summed E-state index contributed by atoms with van der Waals surface area (Å²) in [5.74, 6) is 1.31. The van der Waals surface area contributed by atoms with Crippen LogP contribution in [-0.4, -0.2) is 67.6 Å². The van der Waals surface area contributed by atoms with E-state index in [-0.39, 0.29) is 23.6 Å². The Morgan fingerprint density at radius 2 is 1.84 bits per heavy atom. The van der Waals surface area contributed by atoms with Crippen molar-refractivity contribution in [1.29, 1.82) is 0 Å². The molecule has 1 fully saturated rings. The van der Waals surface area contributed by atoms with Gasteiger partial charge in [0.15, 0.2) is 11.5 Å². The van der Waals surface area contributed by atoms with Gasteiger partial charge in [0.05, 0.1) is 43.3 Å². The number of benzene rings is 2. The second kappa shape index (κ2) is 11.9. The second-order valence-corrected chi connectivity index (χ2v) is 11.5. The highest BCUT2D eigenvalue weighted by molar-refractivity contribution is 5.93. The van der Waals surface area contributed by atoms with Gasteiger partial charge in [-0.3, -0.25) is 4.98 Å². The Balaban J connectivity index is 1.16. The number of aryl methyl sites for hydroxylation is 1. The molecule has 4 heterocycles. The average Bonchev–Trinajstić information content (AvgIpc) is 3.43. The lowest BCUT2D eigenvalue weighted by Gasteiger charge is -2.39. The fraction of sp³-hybridized carbons (Fsp3) is 0.281. The first kappa shape index (κ1) is 29.6. The van der Waals surface area contributed by atoms with Crippen LogP contribution in [0, 0.1) is 12.7 Å². The van der Waals surface area contributed by atoms with Gasteiger partial charge in [0.1, 0.15) is 35.4 Å². The Kier molecular flexibility index (Phi) is 7.83. The van der Waals surface area contributed by atoms with Gasteiger partial charge in [0.2, 0.25) is 5.88 Å². The average molecular weight is 614 g/mol. The predicted octanol–water partition coefficient (Wildman–Crippen LogP) is 6.20. The molecule has 0 unspecified atom stereocenters. The highest BCUT2D eigenvalue weighted by atomic mass is 19.1. The molecule has 1 aliphatic heterocycles. The number of hydrogen-bond donors (Lipinski definition) is 1. The minimum absolute atomic E-state index is 0.184. The van der Waals surface area contributed by atoms with Crippen LogP contribution in [0.3, 0.4) is 0 Å². The number of methoxy groups -OCH3 is 1. The van der Waals surface area contributed by atoms with Crippen molar-refractivity contribution >= 4 is 28.5 Å². The van der Waals surface area contributed by atoms with E-state index in [1.165, 1.54) is 19.5 Å². The molecule has 0 aliphatic carbocycles. The molecule has 0 atom stereocenters. The van der Waals surface area contributed by atoms with Crippen molar-refractivity contribution in [3.05, 3.63) is 78.8 Å². The lowest BCUT2D eigenvalue weighted by atomic mass is 10.1. The third kappa shape index (κ3) is 6.71. The third-order valence-electron chi connectivity index (χ3n) is 6.86. The molecule has 0 radical (unpaired) electrons. The number of anilines is 2. The molecule has 232 valence electrons. The van der Waals surface area contributed by atoms with Crippen LogP contribution in [0.25, 0.3) is 16.6 Å². The van der Waals surface area contributed by atoms with Gasteiger partial charge in [-0.05, 0) is 58.0 Å². The summed E-state index contributed by atoms with van der Waals surface area (Å²) in [6.07, 6.45) is 4.19. The summed E-state index contributed by atoms with van der Waals surface area (Å²) in [5, 5.41) is 8.03. The van der Waals surface area contributed by atoms with E-state index in [4.69, 9.17) is 18.9 Å². The maximum atomic E-state index is 15.3. The number of nitrogens with one attached hydrogen (secondary N) is 1. The van der Waals surface area contributed by atoms with Gasteiger partial charge in [0.25, 0.3) is 0 Å². The van der Waals surface area contributed by atoms with Crippen LogP contribution in [-0.2, 0) is 4.74 Å². The highest BCUT2D eigenvalue weighted by Crippen LogP contribution is 2.37. The zero-order valence-corrected chi connectivity index (χ0v) is 25.4. The Morgan fingerprint density at radius 3 is 2.56 bits per heavy atom. The van der Waals surface area contributed by atoms with Crippen LogP contribution in [0.4, 0.5) is 20.7 Å². The smallest absolute Gasteiger partial charge is 0.410 e. The first-order valence-corrected chi connectivity index (χ1v) is 14.2. The number of pyridine rings is 1. The zero-order valence-electron chi connectivity index (χ0n) is 25.4. The summed E-state index contributed by atoms with van der Waals surface area (Å²) in [7, 11) is 1.53. The Morgan fingerprint density at radius 1 is 1.02 bits per heavy atom. The first-order valence-electron chi connectivity index (χ1n) is 14.2. The molecule has 0 bridgehead atoms. The number of aromatic nitrogens is 5. The zero-order chi connectivity index (χ0) is 31.7. The molecule has 6 rings (SSSR count). The van der Waals surface area contributed by atoms with Crippen LogP contribution in [0.5, 0.6) is 23.1 Å². The van der Waals surface area contributed by atoms with Gasteiger partial charge >= 0.3 is 6.09 Å². The number of ether oxygens (including phenoxy) is 4. The van der Waals surface area contributed by atoms with E-state index in [1.807, 2.05) is 39.8 Å². The summed E-state index contributed by atoms with van der Waals surface area (Å²) in [6, 6.07) is 13.4. The molecular formula is C32H32FN7O5. The van der Waals surface area contributed by atoms with Gasteiger partial charge < -0.3 is 29.2 Å². The van der Waals surface area contributed by atoms with E-state index in [2.05, 4.69) is 25.4 Å². The molecule has 13 heteroatoms. The van der Waals surface area contributed by atoms with Crippen molar-refractivity contribution in [3.8, 4) is 28.8 Å². The van der Waals surface area contributed by atoms with Crippen molar-refractivity contribution in [2.24, 2.45) is 0 Å². The van der Waals surface area contributed by atoms with E-state index in [0.717, 1.165) is 11.4 Å². The molecule has 2 aromatic carbocycles. The molecular weight excluding hydrogens is 581 g/mol. The summed E-state index contributed by atoms with van der Waals surface area (Å²) < 4.78 is 39.8. The summed E-state index contributed by atoms with van der Waals surface area (Å²) in [4.78, 5) is 26.9. The molecule has 3 aromatic heterocycles. The number of carbonyl (C=O) groups is 1. The highest BCUT2D eigenvalue weighted by Gasteiger charge is 2.35. The fourth-order valence-electron chi connectivity index (χ4n) is 4.59. The lowest BCUT2D eigenvalue weighted by molar-refractivity contribution is -0.0225. The van der Waals surface area contributed by atoms with E-state index in [0.29, 0.717) is 47.2 Å². The fourth-order valence-corrected chi connectivity index (χ4v) is 4.59. The van der Waals surface area contributed by atoms with Gasteiger partial charge in [-0.15, -0.1) is 5.10 Å². The molecule has 1 aliphatic rings. The van der Waals surface area contributed by atoms with Crippen LogP contribution < -0.4 is 19.5 Å². The molecule has 1 amide bonds. The van der Waals surface area contributed by atoms with Crippen LogP contribution >= 0.6 is 0 Å². The third-order valence-corrected chi connectivity index (χ3v) is 6.86. The van der Waals surface area contributed by atoms with E-state index < -0.39 is 11.4 Å². The minimum Gasteiger partial charge on any atom is -0.493 e. The summed E-state index contributed by atoms with van der Waals surface area (Å²) in [6.45, 7) is 8.11. The number of carbonyl (C=O) groups excluding carboxylic acids is 1. The number of halogens is 1. The number of likely N-dealkylation sites (tertiary alicyclic amines) is 1. The molecule has 0 saturated carbocycles. The molecule has 45 heavy (non-hydrogen) atoms. The van der Waals surface area contributed by atoms with E-state index in [1.54, 1.807) is 52.3 Å².